The van der Waals surface area contributed by atoms with Crippen LogP contribution in [0.4, 0.5) is 0 Å². The lowest BCUT2D eigenvalue weighted by atomic mass is 9.98. The van der Waals surface area contributed by atoms with Crippen molar-refractivity contribution in [2.24, 2.45) is 5.84 Å². The summed E-state index contributed by atoms with van der Waals surface area (Å²) in [6, 6.07) is 10.6. The van der Waals surface area contributed by atoms with E-state index in [4.69, 9.17) is 17.4 Å². The third kappa shape index (κ3) is 3.12. The fourth-order valence-corrected chi connectivity index (χ4v) is 3.12. The molecule has 3 N–H and O–H groups in total. The molecule has 2 nitrogen and oxygen atoms in total. The summed E-state index contributed by atoms with van der Waals surface area (Å²) in [5.74, 6) is 5.66. The SMILES string of the molecule is Cc1ccc(C)c(CC(NN)c2ccc(Cl)s2)c1. The van der Waals surface area contributed by atoms with Gasteiger partial charge in [-0.25, -0.2) is 0 Å². The normalized spacial score (nSPS) is 12.7. The first-order chi connectivity index (χ1) is 8.60. The number of hydrogen-bond donors (Lipinski definition) is 2. The summed E-state index contributed by atoms with van der Waals surface area (Å²) in [5, 5.41) is 0. The molecule has 1 aromatic carbocycles. The number of nitrogens with one attached hydrogen (secondary N) is 1. The summed E-state index contributed by atoms with van der Waals surface area (Å²) < 4.78 is 0.797. The summed E-state index contributed by atoms with van der Waals surface area (Å²) in [7, 11) is 0. The second-order valence-corrected chi connectivity index (χ2v) is 6.24. The summed E-state index contributed by atoms with van der Waals surface area (Å²) >= 11 is 7.54. The van der Waals surface area contributed by atoms with Crippen molar-refractivity contribution in [2.75, 3.05) is 0 Å². The number of benzene rings is 1. The van der Waals surface area contributed by atoms with Gasteiger partial charge in [-0.1, -0.05) is 35.4 Å². The van der Waals surface area contributed by atoms with Gasteiger partial charge in [0.25, 0.3) is 0 Å². The Morgan fingerprint density at radius 2 is 2.06 bits per heavy atom. The average molecular weight is 281 g/mol. The van der Waals surface area contributed by atoms with Crippen LogP contribution in [0.5, 0.6) is 0 Å². The standard InChI is InChI=1S/C14H17ClN2S/c1-9-3-4-10(2)11(7-9)8-12(17-16)13-5-6-14(15)18-13/h3-7,12,17H,8,16H2,1-2H3. The van der Waals surface area contributed by atoms with Gasteiger partial charge < -0.3 is 0 Å². The maximum Gasteiger partial charge on any atom is 0.0931 e. The predicted octanol–water partition coefficient (Wildman–Crippen LogP) is 3.77. The van der Waals surface area contributed by atoms with Crippen LogP contribution in [0.15, 0.2) is 30.3 Å². The molecule has 0 saturated carbocycles. The molecule has 1 aromatic heterocycles. The van der Waals surface area contributed by atoms with Crippen LogP contribution in [0.3, 0.4) is 0 Å². The highest BCUT2D eigenvalue weighted by atomic mass is 35.5. The Morgan fingerprint density at radius 3 is 2.67 bits per heavy atom. The minimum absolute atomic E-state index is 0.114. The van der Waals surface area contributed by atoms with Gasteiger partial charge in [-0.2, -0.15) is 0 Å². The molecular weight excluding hydrogens is 264 g/mol. The molecular formula is C14H17ClN2S. The minimum atomic E-state index is 0.114. The Bertz CT molecular complexity index is 536. The smallest absolute Gasteiger partial charge is 0.0931 e. The van der Waals surface area contributed by atoms with Gasteiger partial charge in [0.1, 0.15) is 0 Å². The van der Waals surface area contributed by atoms with Gasteiger partial charge in [-0.15, -0.1) is 11.3 Å². The predicted molar refractivity (Wildman–Crippen MR) is 79.0 cm³/mol. The van der Waals surface area contributed by atoms with E-state index >= 15 is 0 Å². The zero-order chi connectivity index (χ0) is 13.1. The average Bonchev–Trinajstić information content (AvgIpc) is 2.77. The number of hydrogen-bond acceptors (Lipinski definition) is 3. The number of aryl methyl sites for hydroxylation is 2. The monoisotopic (exact) mass is 280 g/mol. The van der Waals surface area contributed by atoms with Crippen molar-refractivity contribution in [3.05, 3.63) is 56.2 Å². The lowest BCUT2D eigenvalue weighted by molar-refractivity contribution is 0.559. The van der Waals surface area contributed by atoms with Crippen molar-refractivity contribution >= 4 is 22.9 Å². The number of thiophene rings is 1. The molecule has 18 heavy (non-hydrogen) atoms. The van der Waals surface area contributed by atoms with Gasteiger partial charge in [-0.3, -0.25) is 11.3 Å². The minimum Gasteiger partial charge on any atom is -0.271 e. The summed E-state index contributed by atoms with van der Waals surface area (Å²) in [6.45, 7) is 4.24. The van der Waals surface area contributed by atoms with E-state index in [-0.39, 0.29) is 6.04 Å². The molecule has 2 aromatic rings. The molecule has 1 unspecified atom stereocenters. The molecule has 1 heterocycles. The van der Waals surface area contributed by atoms with Gasteiger partial charge >= 0.3 is 0 Å². The summed E-state index contributed by atoms with van der Waals surface area (Å²) in [5.41, 5.74) is 6.77. The van der Waals surface area contributed by atoms with Crippen molar-refractivity contribution < 1.29 is 0 Å². The number of hydrazine groups is 1. The van der Waals surface area contributed by atoms with E-state index in [9.17, 15) is 0 Å². The fourth-order valence-electron chi connectivity index (χ4n) is 2.00. The molecule has 2 rings (SSSR count). The van der Waals surface area contributed by atoms with Gasteiger partial charge in [0.15, 0.2) is 0 Å². The van der Waals surface area contributed by atoms with Gasteiger partial charge in [0.2, 0.25) is 0 Å². The van der Waals surface area contributed by atoms with E-state index in [1.165, 1.54) is 21.6 Å². The molecule has 0 aliphatic rings. The first kappa shape index (κ1) is 13.6. The quantitative estimate of drug-likeness (QED) is 0.661. The molecule has 1 atom stereocenters. The highest BCUT2D eigenvalue weighted by molar-refractivity contribution is 7.16. The van der Waals surface area contributed by atoms with Crippen LogP contribution in [0, 0.1) is 13.8 Å². The van der Waals surface area contributed by atoms with Crippen LogP contribution < -0.4 is 11.3 Å². The van der Waals surface area contributed by atoms with Gasteiger partial charge in [-0.05, 0) is 43.5 Å². The largest absolute Gasteiger partial charge is 0.271 e. The Hall–Kier alpha value is -0.870. The molecule has 0 aliphatic heterocycles. The Kier molecular flexibility index (Phi) is 4.40. The van der Waals surface area contributed by atoms with E-state index in [0.717, 1.165) is 10.8 Å². The second-order valence-electron chi connectivity index (χ2n) is 4.50. The van der Waals surface area contributed by atoms with Crippen LogP contribution >= 0.6 is 22.9 Å². The summed E-state index contributed by atoms with van der Waals surface area (Å²) in [4.78, 5) is 1.17. The number of nitrogens with two attached hydrogens (primary N) is 1. The molecule has 0 bridgehead atoms. The second kappa shape index (κ2) is 5.85. The molecule has 96 valence electrons. The molecule has 0 radical (unpaired) electrons. The highest BCUT2D eigenvalue weighted by Gasteiger charge is 2.14. The molecule has 0 amide bonds. The third-order valence-corrected chi connectivity index (χ3v) is 4.41. The maximum absolute atomic E-state index is 5.97. The lowest BCUT2D eigenvalue weighted by Gasteiger charge is -2.16. The molecule has 0 spiro atoms. The first-order valence-electron chi connectivity index (χ1n) is 5.87. The fraction of sp³-hybridized carbons (Fsp3) is 0.286. The van der Waals surface area contributed by atoms with Crippen molar-refractivity contribution in [3.63, 3.8) is 0 Å². The maximum atomic E-state index is 5.97. The molecule has 0 saturated heterocycles. The van der Waals surface area contributed by atoms with Crippen molar-refractivity contribution in [1.29, 1.82) is 0 Å². The van der Waals surface area contributed by atoms with Crippen molar-refractivity contribution in [1.82, 2.24) is 5.43 Å². The van der Waals surface area contributed by atoms with Crippen LogP contribution in [0.25, 0.3) is 0 Å². The number of halogens is 1. The zero-order valence-corrected chi connectivity index (χ0v) is 12.1. The third-order valence-electron chi connectivity index (χ3n) is 3.07. The Morgan fingerprint density at radius 1 is 1.28 bits per heavy atom. The van der Waals surface area contributed by atoms with Crippen LogP contribution in [0.1, 0.15) is 27.6 Å². The molecule has 0 aliphatic carbocycles. The van der Waals surface area contributed by atoms with Crippen LogP contribution in [-0.2, 0) is 6.42 Å². The van der Waals surface area contributed by atoms with E-state index in [1.54, 1.807) is 11.3 Å². The van der Waals surface area contributed by atoms with E-state index in [0.29, 0.717) is 0 Å². The van der Waals surface area contributed by atoms with E-state index in [1.807, 2.05) is 12.1 Å². The van der Waals surface area contributed by atoms with Crippen molar-refractivity contribution in [3.8, 4) is 0 Å². The summed E-state index contributed by atoms with van der Waals surface area (Å²) in [6.07, 6.45) is 0.876. The Balaban J connectivity index is 2.22. The van der Waals surface area contributed by atoms with E-state index in [2.05, 4.69) is 37.5 Å². The topological polar surface area (TPSA) is 38.0 Å². The highest BCUT2D eigenvalue weighted by Crippen LogP contribution is 2.29. The van der Waals surface area contributed by atoms with Crippen molar-refractivity contribution in [2.45, 2.75) is 26.3 Å². The first-order valence-corrected chi connectivity index (χ1v) is 7.07. The molecule has 0 fully saturated rings. The van der Waals surface area contributed by atoms with Gasteiger partial charge in [0, 0.05) is 4.88 Å². The van der Waals surface area contributed by atoms with Gasteiger partial charge in [0.05, 0.1) is 10.4 Å². The van der Waals surface area contributed by atoms with Crippen LogP contribution in [-0.4, -0.2) is 0 Å². The lowest BCUT2D eigenvalue weighted by Crippen LogP contribution is -2.29. The number of rotatable bonds is 4. The zero-order valence-electron chi connectivity index (χ0n) is 10.5. The molecule has 4 heteroatoms. The Labute approximate surface area is 117 Å². The van der Waals surface area contributed by atoms with E-state index < -0.39 is 0 Å². The van der Waals surface area contributed by atoms with Crippen LogP contribution in [0.2, 0.25) is 4.34 Å².